The molecule has 1 nitrogen and oxygen atoms in total. The van der Waals surface area contributed by atoms with Gasteiger partial charge in [0, 0.05) is 5.54 Å². The summed E-state index contributed by atoms with van der Waals surface area (Å²) in [6.07, 6.45) is 0. The molecule has 14 heavy (non-hydrogen) atoms. The highest BCUT2D eigenvalue weighted by atomic mass is 15.2. The predicted octanol–water partition coefficient (Wildman–Crippen LogP) is 3.26. The molecule has 0 saturated carbocycles. The number of benzene rings is 1. The molecule has 0 bridgehead atoms. The number of rotatable bonds is 4. The summed E-state index contributed by atoms with van der Waals surface area (Å²) in [4.78, 5) is 2.47. The fourth-order valence-electron chi connectivity index (χ4n) is 2.04. The Balaban J connectivity index is 2.94. The van der Waals surface area contributed by atoms with Gasteiger partial charge in [-0.3, -0.25) is 4.90 Å². The van der Waals surface area contributed by atoms with Crippen molar-refractivity contribution >= 4 is 0 Å². The summed E-state index contributed by atoms with van der Waals surface area (Å²) in [7, 11) is 0. The van der Waals surface area contributed by atoms with Crippen LogP contribution >= 0.6 is 0 Å². The van der Waals surface area contributed by atoms with Crippen LogP contribution < -0.4 is 0 Å². The van der Waals surface area contributed by atoms with Gasteiger partial charge in [-0.1, -0.05) is 44.2 Å². The normalized spacial score (nSPS) is 12.1. The van der Waals surface area contributed by atoms with Gasteiger partial charge in [0.25, 0.3) is 0 Å². The molecule has 0 aliphatic rings. The van der Waals surface area contributed by atoms with Crippen LogP contribution in [-0.4, -0.2) is 18.0 Å². The molecule has 0 amide bonds. The zero-order valence-corrected chi connectivity index (χ0v) is 9.75. The summed E-state index contributed by atoms with van der Waals surface area (Å²) in [5, 5.41) is 0. The molecule has 0 aromatic heterocycles. The van der Waals surface area contributed by atoms with Crippen LogP contribution in [0.3, 0.4) is 0 Å². The van der Waals surface area contributed by atoms with Gasteiger partial charge in [-0.05, 0) is 32.5 Å². The quantitative estimate of drug-likeness (QED) is 0.706. The Kier molecular flexibility index (Phi) is 3.70. The molecule has 0 atom stereocenters. The predicted molar refractivity (Wildman–Crippen MR) is 62.4 cm³/mol. The standard InChI is InChI=1S/C13H21N/c1-5-14(6-2)13(3,4)12-10-8-7-9-11-12/h7-11H,5-6H2,1-4H3. The largest absolute Gasteiger partial charge is 0.295 e. The van der Waals surface area contributed by atoms with Crippen molar-refractivity contribution in [3.63, 3.8) is 0 Å². The first-order valence-corrected chi connectivity index (χ1v) is 5.43. The smallest absolute Gasteiger partial charge is 0.0404 e. The summed E-state index contributed by atoms with van der Waals surface area (Å²) in [6.45, 7) is 11.2. The molecule has 0 saturated heterocycles. The Morgan fingerprint density at radius 1 is 1.00 bits per heavy atom. The van der Waals surface area contributed by atoms with Crippen molar-refractivity contribution in [1.29, 1.82) is 0 Å². The highest BCUT2D eigenvalue weighted by molar-refractivity contribution is 5.22. The molecule has 0 aliphatic carbocycles. The molecule has 0 aliphatic heterocycles. The molecule has 1 heteroatoms. The zero-order chi connectivity index (χ0) is 10.6. The first-order valence-electron chi connectivity index (χ1n) is 5.43. The third-order valence-corrected chi connectivity index (χ3v) is 3.03. The van der Waals surface area contributed by atoms with Crippen LogP contribution in [0.1, 0.15) is 33.3 Å². The van der Waals surface area contributed by atoms with E-state index in [0.29, 0.717) is 0 Å². The second-order valence-corrected chi connectivity index (χ2v) is 4.10. The van der Waals surface area contributed by atoms with Gasteiger partial charge < -0.3 is 0 Å². The second-order valence-electron chi connectivity index (χ2n) is 4.10. The molecule has 78 valence electrons. The maximum absolute atomic E-state index is 2.47. The Bertz CT molecular complexity index is 260. The van der Waals surface area contributed by atoms with E-state index < -0.39 is 0 Å². The zero-order valence-electron chi connectivity index (χ0n) is 9.75. The SMILES string of the molecule is CCN(CC)C(C)(C)c1ccccc1. The van der Waals surface area contributed by atoms with Gasteiger partial charge in [-0.15, -0.1) is 0 Å². The number of nitrogens with zero attached hydrogens (tertiary/aromatic N) is 1. The lowest BCUT2D eigenvalue weighted by atomic mass is 9.92. The van der Waals surface area contributed by atoms with E-state index in [1.165, 1.54) is 5.56 Å². The minimum absolute atomic E-state index is 0.144. The topological polar surface area (TPSA) is 3.24 Å². The van der Waals surface area contributed by atoms with Gasteiger partial charge in [0.2, 0.25) is 0 Å². The Morgan fingerprint density at radius 2 is 1.50 bits per heavy atom. The van der Waals surface area contributed by atoms with E-state index in [1.807, 2.05) is 0 Å². The van der Waals surface area contributed by atoms with E-state index in [2.05, 4.69) is 62.9 Å². The summed E-state index contributed by atoms with van der Waals surface area (Å²) in [5.74, 6) is 0. The van der Waals surface area contributed by atoms with E-state index in [0.717, 1.165) is 13.1 Å². The van der Waals surface area contributed by atoms with Gasteiger partial charge in [0.05, 0.1) is 0 Å². The maximum Gasteiger partial charge on any atom is 0.0404 e. The van der Waals surface area contributed by atoms with Crippen molar-refractivity contribution in [3.05, 3.63) is 35.9 Å². The summed E-state index contributed by atoms with van der Waals surface area (Å²) < 4.78 is 0. The lowest BCUT2D eigenvalue weighted by Gasteiger charge is -2.37. The molecule has 0 N–H and O–H groups in total. The molecule has 1 aromatic carbocycles. The molecule has 0 radical (unpaired) electrons. The van der Waals surface area contributed by atoms with Crippen LogP contribution in [0.5, 0.6) is 0 Å². The van der Waals surface area contributed by atoms with E-state index in [1.54, 1.807) is 0 Å². The third kappa shape index (κ3) is 2.16. The van der Waals surface area contributed by atoms with Crippen LogP contribution in [0.15, 0.2) is 30.3 Å². The fraction of sp³-hybridized carbons (Fsp3) is 0.538. The summed E-state index contributed by atoms with van der Waals surface area (Å²) >= 11 is 0. The molecule has 0 heterocycles. The fourth-order valence-corrected chi connectivity index (χ4v) is 2.04. The molecular formula is C13H21N. The lowest BCUT2D eigenvalue weighted by molar-refractivity contribution is 0.135. The van der Waals surface area contributed by atoms with Crippen LogP contribution in [0.2, 0.25) is 0 Å². The van der Waals surface area contributed by atoms with Crippen LogP contribution in [-0.2, 0) is 5.54 Å². The van der Waals surface area contributed by atoms with Gasteiger partial charge in [-0.25, -0.2) is 0 Å². The van der Waals surface area contributed by atoms with Crippen LogP contribution in [0.25, 0.3) is 0 Å². The van der Waals surface area contributed by atoms with Gasteiger partial charge in [0.15, 0.2) is 0 Å². The van der Waals surface area contributed by atoms with E-state index in [-0.39, 0.29) is 5.54 Å². The molecule has 1 rings (SSSR count). The molecular weight excluding hydrogens is 170 g/mol. The highest BCUT2D eigenvalue weighted by Crippen LogP contribution is 2.26. The minimum atomic E-state index is 0.144. The number of hydrogen-bond acceptors (Lipinski definition) is 1. The van der Waals surface area contributed by atoms with Crippen molar-refractivity contribution in [2.45, 2.75) is 33.2 Å². The van der Waals surface area contributed by atoms with Crippen molar-refractivity contribution in [2.75, 3.05) is 13.1 Å². The van der Waals surface area contributed by atoms with Crippen molar-refractivity contribution in [3.8, 4) is 0 Å². The molecule has 1 aromatic rings. The lowest BCUT2D eigenvalue weighted by Crippen LogP contribution is -2.41. The van der Waals surface area contributed by atoms with E-state index in [4.69, 9.17) is 0 Å². The van der Waals surface area contributed by atoms with Crippen molar-refractivity contribution in [2.24, 2.45) is 0 Å². The molecule has 0 fully saturated rings. The van der Waals surface area contributed by atoms with E-state index >= 15 is 0 Å². The second kappa shape index (κ2) is 4.61. The molecule has 0 unspecified atom stereocenters. The Labute approximate surface area is 87.7 Å². The highest BCUT2D eigenvalue weighted by Gasteiger charge is 2.25. The Morgan fingerprint density at radius 3 is 1.93 bits per heavy atom. The summed E-state index contributed by atoms with van der Waals surface area (Å²) in [5.41, 5.74) is 1.54. The van der Waals surface area contributed by atoms with Gasteiger partial charge in [-0.2, -0.15) is 0 Å². The first kappa shape index (κ1) is 11.3. The monoisotopic (exact) mass is 191 g/mol. The Hall–Kier alpha value is -0.820. The van der Waals surface area contributed by atoms with Crippen molar-refractivity contribution in [1.82, 2.24) is 4.90 Å². The van der Waals surface area contributed by atoms with Gasteiger partial charge in [0.1, 0.15) is 0 Å². The minimum Gasteiger partial charge on any atom is -0.295 e. The summed E-state index contributed by atoms with van der Waals surface area (Å²) in [6, 6.07) is 10.7. The average Bonchev–Trinajstić information content (AvgIpc) is 2.20. The van der Waals surface area contributed by atoms with Gasteiger partial charge >= 0.3 is 0 Å². The van der Waals surface area contributed by atoms with Crippen molar-refractivity contribution < 1.29 is 0 Å². The first-order chi connectivity index (χ1) is 6.62. The third-order valence-electron chi connectivity index (χ3n) is 3.03. The average molecular weight is 191 g/mol. The number of hydrogen-bond donors (Lipinski definition) is 0. The van der Waals surface area contributed by atoms with E-state index in [9.17, 15) is 0 Å². The maximum atomic E-state index is 2.47. The van der Waals surface area contributed by atoms with Crippen LogP contribution in [0.4, 0.5) is 0 Å². The molecule has 0 spiro atoms. The van der Waals surface area contributed by atoms with Crippen LogP contribution in [0, 0.1) is 0 Å².